The van der Waals surface area contributed by atoms with Crippen LogP contribution < -0.4 is 0 Å². The van der Waals surface area contributed by atoms with Gasteiger partial charge in [0.2, 0.25) is 0 Å². The molecule has 0 unspecified atom stereocenters. The van der Waals surface area contributed by atoms with Crippen molar-refractivity contribution < 1.29 is 27.1 Å². The fourth-order valence-corrected chi connectivity index (χ4v) is 1.95. The van der Waals surface area contributed by atoms with Crippen molar-refractivity contribution in [1.82, 2.24) is 0 Å². The molecular weight excluding hydrogens is 276 g/mol. The van der Waals surface area contributed by atoms with E-state index >= 15 is 0 Å². The van der Waals surface area contributed by atoms with Gasteiger partial charge in [0.05, 0.1) is 5.56 Å². The first-order valence-corrected chi connectivity index (χ1v) is 5.52. The van der Waals surface area contributed by atoms with Crippen molar-refractivity contribution in [2.24, 2.45) is 0 Å². The molecule has 0 amide bonds. The molecule has 102 valence electrons. The molecule has 3 aromatic rings. The number of furan rings is 1. The van der Waals surface area contributed by atoms with Gasteiger partial charge in [-0.15, -0.1) is 0 Å². The molecule has 3 rings (SSSR count). The first-order chi connectivity index (χ1) is 9.45. The van der Waals surface area contributed by atoms with E-state index in [1.54, 1.807) is 0 Å². The maximum absolute atomic E-state index is 13.7. The first kappa shape index (κ1) is 12.5. The molecule has 2 aromatic carbocycles. The van der Waals surface area contributed by atoms with Crippen LogP contribution in [0, 0.1) is 23.3 Å². The minimum absolute atomic E-state index is 0.0363. The number of benzene rings is 2. The zero-order valence-corrected chi connectivity index (χ0v) is 9.75. The van der Waals surface area contributed by atoms with Gasteiger partial charge in [-0.1, -0.05) is 0 Å². The van der Waals surface area contributed by atoms with Crippen molar-refractivity contribution in [2.75, 3.05) is 0 Å². The van der Waals surface area contributed by atoms with Crippen molar-refractivity contribution in [2.45, 2.75) is 0 Å². The minimum Gasteiger partial charge on any atom is -0.508 e. The van der Waals surface area contributed by atoms with Crippen molar-refractivity contribution in [3.05, 3.63) is 53.6 Å². The number of fused-ring (bicyclic) bond motifs is 1. The van der Waals surface area contributed by atoms with Gasteiger partial charge in [-0.2, -0.15) is 0 Å². The van der Waals surface area contributed by atoms with Crippen LogP contribution in [-0.4, -0.2) is 5.11 Å². The van der Waals surface area contributed by atoms with Crippen molar-refractivity contribution >= 4 is 11.0 Å². The van der Waals surface area contributed by atoms with Crippen LogP contribution in [-0.2, 0) is 0 Å². The SMILES string of the molecule is Oc1cc(F)c(-c2cc3cc(F)c(F)cc3o2)c(F)c1. The molecule has 1 N–H and O–H groups in total. The van der Waals surface area contributed by atoms with E-state index in [2.05, 4.69) is 0 Å². The van der Waals surface area contributed by atoms with Gasteiger partial charge in [-0.3, -0.25) is 0 Å². The molecule has 1 aromatic heterocycles. The molecule has 0 radical (unpaired) electrons. The van der Waals surface area contributed by atoms with Crippen molar-refractivity contribution in [3.63, 3.8) is 0 Å². The Hall–Kier alpha value is -2.50. The van der Waals surface area contributed by atoms with E-state index in [9.17, 15) is 17.6 Å². The standard InChI is InChI=1S/C14H6F4O2/c15-8-1-6-2-13(20-12(6)5-9(8)16)14-10(17)3-7(19)4-11(14)18/h1-5,19H. The predicted molar refractivity (Wildman–Crippen MR) is 63.1 cm³/mol. The van der Waals surface area contributed by atoms with Crippen LogP contribution in [0.1, 0.15) is 0 Å². The Morgan fingerprint density at radius 1 is 0.750 bits per heavy atom. The third-order valence-corrected chi connectivity index (χ3v) is 2.83. The van der Waals surface area contributed by atoms with Crippen molar-refractivity contribution in [1.29, 1.82) is 0 Å². The topological polar surface area (TPSA) is 33.4 Å². The Morgan fingerprint density at radius 2 is 1.35 bits per heavy atom. The number of hydrogen-bond acceptors (Lipinski definition) is 2. The molecule has 0 fully saturated rings. The molecule has 0 aliphatic rings. The summed E-state index contributed by atoms with van der Waals surface area (Å²) in [7, 11) is 0. The molecule has 0 bridgehead atoms. The molecule has 0 atom stereocenters. The van der Waals surface area contributed by atoms with Gasteiger partial charge in [0.15, 0.2) is 11.6 Å². The Labute approximate surface area is 109 Å². The summed E-state index contributed by atoms with van der Waals surface area (Å²) in [6, 6.07) is 4.29. The molecule has 0 saturated carbocycles. The summed E-state index contributed by atoms with van der Waals surface area (Å²) in [6.45, 7) is 0. The van der Waals surface area contributed by atoms with Gasteiger partial charge < -0.3 is 9.52 Å². The third kappa shape index (κ3) is 1.89. The van der Waals surface area contributed by atoms with Gasteiger partial charge in [0, 0.05) is 23.6 Å². The van der Waals surface area contributed by atoms with Gasteiger partial charge in [-0.05, 0) is 12.1 Å². The van der Waals surface area contributed by atoms with Gasteiger partial charge in [0.25, 0.3) is 0 Å². The number of phenolic OH excluding ortho intramolecular Hbond substituents is 1. The highest BCUT2D eigenvalue weighted by molar-refractivity contribution is 5.83. The fourth-order valence-electron chi connectivity index (χ4n) is 1.95. The molecule has 20 heavy (non-hydrogen) atoms. The monoisotopic (exact) mass is 282 g/mol. The van der Waals surface area contributed by atoms with E-state index in [1.165, 1.54) is 6.07 Å². The second-order valence-corrected chi connectivity index (χ2v) is 4.20. The number of hydrogen-bond donors (Lipinski definition) is 1. The van der Waals surface area contributed by atoms with E-state index < -0.39 is 34.6 Å². The zero-order valence-electron chi connectivity index (χ0n) is 9.75. The molecule has 6 heteroatoms. The van der Waals surface area contributed by atoms with Crippen LogP contribution in [0.2, 0.25) is 0 Å². The van der Waals surface area contributed by atoms with Crippen LogP contribution >= 0.6 is 0 Å². The maximum atomic E-state index is 13.7. The molecule has 2 nitrogen and oxygen atoms in total. The Kier molecular flexibility index (Phi) is 2.67. The number of aromatic hydroxyl groups is 1. The minimum atomic E-state index is -1.12. The molecule has 0 aliphatic carbocycles. The van der Waals surface area contributed by atoms with Crippen LogP contribution in [0.5, 0.6) is 5.75 Å². The summed E-state index contributed by atoms with van der Waals surface area (Å²) in [5.74, 6) is -5.08. The number of halogens is 4. The second-order valence-electron chi connectivity index (χ2n) is 4.20. The quantitative estimate of drug-likeness (QED) is 0.673. The lowest BCUT2D eigenvalue weighted by atomic mass is 10.1. The van der Waals surface area contributed by atoms with Crippen molar-refractivity contribution in [3.8, 4) is 17.1 Å². The summed E-state index contributed by atoms with van der Waals surface area (Å²) >= 11 is 0. The average Bonchev–Trinajstić information content (AvgIpc) is 2.70. The van der Waals surface area contributed by atoms with Crippen LogP contribution in [0.25, 0.3) is 22.3 Å². The first-order valence-electron chi connectivity index (χ1n) is 5.52. The molecular formula is C14H6F4O2. The predicted octanol–water partition coefficient (Wildman–Crippen LogP) is 4.36. The molecule has 0 saturated heterocycles. The van der Waals surface area contributed by atoms with Gasteiger partial charge in [0.1, 0.15) is 28.7 Å². The van der Waals surface area contributed by atoms with Crippen LogP contribution in [0.3, 0.4) is 0 Å². The summed E-state index contributed by atoms with van der Waals surface area (Å²) < 4.78 is 58.6. The van der Waals surface area contributed by atoms with E-state index in [-0.39, 0.29) is 16.7 Å². The second kappa shape index (κ2) is 4.26. The summed E-state index contributed by atoms with van der Waals surface area (Å²) in [5, 5.41) is 9.24. The third-order valence-electron chi connectivity index (χ3n) is 2.83. The number of phenols is 1. The lowest BCUT2D eigenvalue weighted by Crippen LogP contribution is -1.88. The largest absolute Gasteiger partial charge is 0.508 e. The zero-order chi connectivity index (χ0) is 14.4. The number of rotatable bonds is 1. The highest BCUT2D eigenvalue weighted by Gasteiger charge is 2.18. The van der Waals surface area contributed by atoms with E-state index in [0.717, 1.165) is 12.1 Å². The highest BCUT2D eigenvalue weighted by Crippen LogP contribution is 2.34. The van der Waals surface area contributed by atoms with Gasteiger partial charge >= 0.3 is 0 Å². The molecule has 0 aliphatic heterocycles. The molecule has 0 spiro atoms. The highest BCUT2D eigenvalue weighted by atomic mass is 19.2. The molecule has 1 heterocycles. The summed E-state index contributed by atoms with van der Waals surface area (Å²) in [6.07, 6.45) is 0. The fraction of sp³-hybridized carbons (Fsp3) is 0. The van der Waals surface area contributed by atoms with E-state index in [0.29, 0.717) is 12.1 Å². The Morgan fingerprint density at radius 3 is 2.00 bits per heavy atom. The van der Waals surface area contributed by atoms with Gasteiger partial charge in [-0.25, -0.2) is 17.6 Å². The normalized spacial score (nSPS) is 11.2. The smallest absolute Gasteiger partial charge is 0.162 e. The lowest BCUT2D eigenvalue weighted by molar-refractivity contribution is 0.460. The van der Waals surface area contributed by atoms with Crippen LogP contribution in [0.15, 0.2) is 34.7 Å². The van der Waals surface area contributed by atoms with E-state index in [4.69, 9.17) is 9.52 Å². The summed E-state index contributed by atoms with van der Waals surface area (Å²) in [4.78, 5) is 0. The Balaban J connectivity index is 2.25. The summed E-state index contributed by atoms with van der Waals surface area (Å²) in [5.41, 5.74) is -0.550. The lowest BCUT2D eigenvalue weighted by Gasteiger charge is -2.02. The van der Waals surface area contributed by atoms with Crippen LogP contribution in [0.4, 0.5) is 17.6 Å². The Bertz CT molecular complexity index is 761. The maximum Gasteiger partial charge on any atom is 0.162 e. The van der Waals surface area contributed by atoms with E-state index in [1.807, 2.05) is 0 Å². The average molecular weight is 282 g/mol.